The van der Waals surface area contributed by atoms with Crippen molar-refractivity contribution in [2.45, 2.75) is 84.0 Å². The fourth-order valence-corrected chi connectivity index (χ4v) is 4.93. The van der Waals surface area contributed by atoms with Crippen LogP contribution in [0.2, 0.25) is 0 Å². The van der Waals surface area contributed by atoms with Gasteiger partial charge in [0.1, 0.15) is 40.6 Å². The zero-order chi connectivity index (χ0) is 26.6. The van der Waals surface area contributed by atoms with Crippen LogP contribution < -0.4 is 9.47 Å². The Morgan fingerprint density at radius 1 is 0.865 bits per heavy atom. The van der Waals surface area contributed by atoms with Crippen molar-refractivity contribution in [2.24, 2.45) is 11.8 Å². The number of carbonyl (C=O) groups excluding carboxylic acids is 1. The van der Waals surface area contributed by atoms with Crippen LogP contribution in [-0.2, 0) is 0 Å². The monoisotopic (exact) mass is 515 g/mol. The van der Waals surface area contributed by atoms with E-state index in [0.717, 1.165) is 55.9 Å². The number of carbonyl (C=O) groups is 1. The molecule has 0 spiro atoms. The maximum absolute atomic E-state index is 14.6. The van der Waals surface area contributed by atoms with Gasteiger partial charge in [0.05, 0.1) is 12.2 Å². The lowest BCUT2D eigenvalue weighted by Gasteiger charge is -2.28. The van der Waals surface area contributed by atoms with E-state index in [1.165, 1.54) is 57.4 Å². The van der Waals surface area contributed by atoms with Crippen LogP contribution >= 0.6 is 0 Å². The summed E-state index contributed by atoms with van der Waals surface area (Å²) >= 11 is 0. The Balaban J connectivity index is 1.43. The number of ether oxygens (including phenoxy) is 2. The SMILES string of the molecule is CCCCCCCCCC1CCC(COc2cc(F)c(C(=O)Oc3ccc(C#N)c(F)c3)c(F)c2)CC1. The molecule has 37 heavy (non-hydrogen) atoms. The topological polar surface area (TPSA) is 59.3 Å². The van der Waals surface area contributed by atoms with E-state index < -0.39 is 29.0 Å². The van der Waals surface area contributed by atoms with Crippen LogP contribution in [0.4, 0.5) is 13.2 Å². The molecule has 0 N–H and O–H groups in total. The van der Waals surface area contributed by atoms with Crippen molar-refractivity contribution in [3.8, 4) is 17.6 Å². The summed E-state index contributed by atoms with van der Waals surface area (Å²) in [6, 6.07) is 6.67. The van der Waals surface area contributed by atoms with Crippen LogP contribution in [-0.4, -0.2) is 12.6 Å². The highest BCUT2D eigenvalue weighted by Crippen LogP contribution is 2.33. The van der Waals surface area contributed by atoms with Gasteiger partial charge in [0.25, 0.3) is 0 Å². The number of hydrogen-bond donors (Lipinski definition) is 0. The second-order valence-electron chi connectivity index (χ2n) is 10.0. The number of benzene rings is 2. The van der Waals surface area contributed by atoms with Crippen molar-refractivity contribution in [3.05, 3.63) is 58.9 Å². The molecule has 1 aliphatic carbocycles. The molecular weight excluding hydrogens is 479 g/mol. The molecule has 2 aromatic carbocycles. The zero-order valence-corrected chi connectivity index (χ0v) is 21.5. The quantitative estimate of drug-likeness (QED) is 0.152. The van der Waals surface area contributed by atoms with E-state index in [4.69, 9.17) is 14.7 Å². The molecule has 0 aromatic heterocycles. The molecule has 0 aliphatic heterocycles. The van der Waals surface area contributed by atoms with Gasteiger partial charge in [-0.2, -0.15) is 5.26 Å². The van der Waals surface area contributed by atoms with Gasteiger partial charge in [-0.25, -0.2) is 18.0 Å². The summed E-state index contributed by atoms with van der Waals surface area (Å²) in [7, 11) is 0. The van der Waals surface area contributed by atoms with Crippen LogP contribution in [0.1, 0.15) is 99.9 Å². The first-order valence-electron chi connectivity index (χ1n) is 13.4. The molecule has 1 saturated carbocycles. The van der Waals surface area contributed by atoms with E-state index in [9.17, 15) is 18.0 Å². The van der Waals surface area contributed by atoms with Gasteiger partial charge in [0.2, 0.25) is 0 Å². The number of esters is 1. The molecule has 0 amide bonds. The lowest BCUT2D eigenvalue weighted by Crippen LogP contribution is -2.20. The Morgan fingerprint density at radius 2 is 1.46 bits per heavy atom. The van der Waals surface area contributed by atoms with Gasteiger partial charge in [-0.05, 0) is 36.8 Å². The molecule has 1 fully saturated rings. The second kappa shape index (κ2) is 14.7. The molecule has 1 aliphatic rings. The normalized spacial score (nSPS) is 17.3. The molecule has 0 heterocycles. The van der Waals surface area contributed by atoms with Gasteiger partial charge < -0.3 is 9.47 Å². The summed E-state index contributed by atoms with van der Waals surface area (Å²) in [5, 5.41) is 8.77. The van der Waals surface area contributed by atoms with Gasteiger partial charge in [-0.15, -0.1) is 0 Å². The molecule has 200 valence electrons. The summed E-state index contributed by atoms with van der Waals surface area (Å²) in [5.74, 6) is -3.58. The zero-order valence-electron chi connectivity index (χ0n) is 21.5. The summed E-state index contributed by atoms with van der Waals surface area (Å²) < 4.78 is 53.4. The Labute approximate surface area is 217 Å². The Kier molecular flexibility index (Phi) is 11.3. The van der Waals surface area contributed by atoms with E-state index >= 15 is 0 Å². The van der Waals surface area contributed by atoms with Crippen molar-refractivity contribution in [1.82, 2.24) is 0 Å². The summed E-state index contributed by atoms with van der Waals surface area (Å²) in [6.45, 7) is 2.61. The van der Waals surface area contributed by atoms with Crippen LogP contribution in [0.5, 0.6) is 11.5 Å². The first kappa shape index (κ1) is 28.6. The minimum absolute atomic E-state index is 0.0150. The maximum atomic E-state index is 14.6. The van der Waals surface area contributed by atoms with Crippen LogP contribution in [0.15, 0.2) is 30.3 Å². The van der Waals surface area contributed by atoms with Crippen molar-refractivity contribution in [3.63, 3.8) is 0 Å². The smallest absolute Gasteiger partial charge is 0.349 e. The van der Waals surface area contributed by atoms with Gasteiger partial charge >= 0.3 is 5.97 Å². The number of hydrogen-bond acceptors (Lipinski definition) is 4. The Hall–Kier alpha value is -3.01. The summed E-state index contributed by atoms with van der Waals surface area (Å²) in [6.07, 6.45) is 14.9. The first-order valence-corrected chi connectivity index (χ1v) is 13.4. The van der Waals surface area contributed by atoms with E-state index in [-0.39, 0.29) is 17.1 Å². The number of halogens is 3. The third kappa shape index (κ3) is 8.80. The van der Waals surface area contributed by atoms with Crippen LogP contribution in [0.25, 0.3) is 0 Å². The summed E-state index contributed by atoms with van der Waals surface area (Å²) in [4.78, 5) is 12.3. The Bertz CT molecular complexity index is 1050. The molecule has 0 bridgehead atoms. The fourth-order valence-electron chi connectivity index (χ4n) is 4.93. The van der Waals surface area contributed by atoms with E-state index in [1.807, 2.05) is 0 Å². The third-order valence-corrected chi connectivity index (χ3v) is 7.16. The number of nitriles is 1. The molecule has 0 atom stereocenters. The van der Waals surface area contributed by atoms with Gasteiger partial charge in [0.15, 0.2) is 0 Å². The minimum atomic E-state index is -1.30. The lowest BCUT2D eigenvalue weighted by atomic mass is 9.80. The van der Waals surface area contributed by atoms with Crippen molar-refractivity contribution < 1.29 is 27.4 Å². The molecule has 3 rings (SSSR count). The van der Waals surface area contributed by atoms with Crippen molar-refractivity contribution >= 4 is 5.97 Å². The molecule has 2 aromatic rings. The molecule has 0 saturated heterocycles. The molecule has 4 nitrogen and oxygen atoms in total. The summed E-state index contributed by atoms with van der Waals surface area (Å²) in [5.41, 5.74) is -1.12. The van der Waals surface area contributed by atoms with Crippen molar-refractivity contribution in [1.29, 1.82) is 5.26 Å². The molecule has 0 unspecified atom stereocenters. The first-order chi connectivity index (χ1) is 17.9. The average molecular weight is 516 g/mol. The number of unbranched alkanes of at least 4 members (excludes halogenated alkanes) is 6. The predicted octanol–water partition coefficient (Wildman–Crippen LogP) is 8.52. The van der Waals surface area contributed by atoms with Gasteiger partial charge in [0, 0.05) is 18.2 Å². The minimum Gasteiger partial charge on any atom is -0.493 e. The standard InChI is InChI=1S/C30H36F3NO3/c1-2-3-4-5-6-7-8-9-21-10-12-22(13-11-21)20-36-25-17-27(32)29(28(33)18-25)30(35)37-24-15-14-23(19-34)26(31)16-24/h14-18,21-22H,2-13,20H2,1H3. The highest BCUT2D eigenvalue weighted by Gasteiger charge is 2.24. The third-order valence-electron chi connectivity index (χ3n) is 7.16. The van der Waals surface area contributed by atoms with E-state index in [0.29, 0.717) is 12.5 Å². The lowest BCUT2D eigenvalue weighted by molar-refractivity contribution is 0.0724. The molecule has 7 heteroatoms. The highest BCUT2D eigenvalue weighted by molar-refractivity contribution is 5.91. The second-order valence-corrected chi connectivity index (χ2v) is 10.0. The van der Waals surface area contributed by atoms with Gasteiger partial charge in [-0.3, -0.25) is 0 Å². The highest BCUT2D eigenvalue weighted by atomic mass is 19.1. The molecule has 0 radical (unpaired) electrons. The van der Waals surface area contributed by atoms with Gasteiger partial charge in [-0.1, -0.05) is 71.1 Å². The predicted molar refractivity (Wildman–Crippen MR) is 136 cm³/mol. The Morgan fingerprint density at radius 3 is 2.08 bits per heavy atom. The average Bonchev–Trinajstić information content (AvgIpc) is 2.87. The largest absolute Gasteiger partial charge is 0.493 e. The number of nitrogens with zero attached hydrogens (tertiary/aromatic N) is 1. The van der Waals surface area contributed by atoms with E-state index in [2.05, 4.69) is 6.92 Å². The number of rotatable bonds is 13. The van der Waals surface area contributed by atoms with Crippen LogP contribution in [0, 0.1) is 40.6 Å². The van der Waals surface area contributed by atoms with E-state index in [1.54, 1.807) is 6.07 Å². The molecular formula is C30H36F3NO3. The fraction of sp³-hybridized carbons (Fsp3) is 0.533. The van der Waals surface area contributed by atoms with Crippen LogP contribution in [0.3, 0.4) is 0 Å². The maximum Gasteiger partial charge on any atom is 0.349 e. The van der Waals surface area contributed by atoms with Crippen molar-refractivity contribution in [2.75, 3.05) is 6.61 Å².